The molecule has 0 atom stereocenters. The van der Waals surface area contributed by atoms with Crippen LogP contribution in [-0.2, 0) is 6.54 Å². The lowest BCUT2D eigenvalue weighted by Gasteiger charge is -2.29. The molecular formula is C16H25N3. The first kappa shape index (κ1) is 14.1. The summed E-state index contributed by atoms with van der Waals surface area (Å²) in [4.78, 5) is 6.72. The first-order chi connectivity index (χ1) is 9.16. The Balaban J connectivity index is 2.04. The number of aromatic nitrogens is 1. The van der Waals surface area contributed by atoms with E-state index in [9.17, 15) is 0 Å². The van der Waals surface area contributed by atoms with Gasteiger partial charge in [-0.1, -0.05) is 25.5 Å². The van der Waals surface area contributed by atoms with Crippen molar-refractivity contribution >= 4 is 5.69 Å². The van der Waals surface area contributed by atoms with Gasteiger partial charge >= 0.3 is 0 Å². The molecule has 3 nitrogen and oxygen atoms in total. The Morgan fingerprint density at radius 1 is 1.42 bits per heavy atom. The van der Waals surface area contributed by atoms with Crippen LogP contribution >= 0.6 is 0 Å². The van der Waals surface area contributed by atoms with Gasteiger partial charge in [0.1, 0.15) is 0 Å². The third-order valence-corrected chi connectivity index (χ3v) is 3.52. The zero-order valence-electron chi connectivity index (χ0n) is 12.3. The summed E-state index contributed by atoms with van der Waals surface area (Å²) in [5.74, 6) is 0.681. The number of hydrogen-bond donors (Lipinski definition) is 1. The number of anilines is 1. The topological polar surface area (TPSA) is 28.2 Å². The number of hydrogen-bond acceptors (Lipinski definition) is 3. The molecule has 0 spiro atoms. The van der Waals surface area contributed by atoms with E-state index in [1.807, 2.05) is 12.4 Å². The van der Waals surface area contributed by atoms with Gasteiger partial charge in [0.15, 0.2) is 0 Å². The molecule has 0 aliphatic carbocycles. The third-order valence-electron chi connectivity index (χ3n) is 3.52. The summed E-state index contributed by atoms with van der Waals surface area (Å²) in [6, 6.07) is 2.14. The van der Waals surface area contributed by atoms with Crippen LogP contribution in [0, 0.1) is 5.92 Å². The number of pyridine rings is 1. The Kier molecular flexibility index (Phi) is 4.97. The molecule has 104 valence electrons. The summed E-state index contributed by atoms with van der Waals surface area (Å²) in [5, 5.41) is 3.51. The summed E-state index contributed by atoms with van der Waals surface area (Å²) in [6.07, 6.45) is 7.39. The molecule has 1 aromatic rings. The summed E-state index contributed by atoms with van der Waals surface area (Å²) in [5.41, 5.74) is 4.14. The highest BCUT2D eigenvalue weighted by Crippen LogP contribution is 2.23. The van der Waals surface area contributed by atoms with Crippen LogP contribution in [0.2, 0.25) is 0 Å². The fourth-order valence-electron chi connectivity index (χ4n) is 2.35. The second-order valence-electron chi connectivity index (χ2n) is 5.78. The first-order valence-corrected chi connectivity index (χ1v) is 7.21. The third kappa shape index (κ3) is 4.06. The zero-order chi connectivity index (χ0) is 13.7. The van der Waals surface area contributed by atoms with Crippen LogP contribution in [0.4, 0.5) is 5.69 Å². The normalized spacial score (nSPS) is 15.8. The molecule has 1 aliphatic heterocycles. The number of nitrogens with one attached hydrogen (secondary N) is 1. The van der Waals surface area contributed by atoms with Crippen molar-refractivity contribution in [3.63, 3.8) is 0 Å². The van der Waals surface area contributed by atoms with E-state index in [2.05, 4.69) is 48.1 Å². The zero-order valence-corrected chi connectivity index (χ0v) is 12.3. The molecule has 2 rings (SSSR count). The first-order valence-electron chi connectivity index (χ1n) is 7.21. The van der Waals surface area contributed by atoms with Crippen molar-refractivity contribution in [2.24, 2.45) is 5.92 Å². The molecule has 0 fully saturated rings. The SMILES string of the molecule is CC1=CCN(c2ccncc2CNCC(C)C)CC1. The molecule has 1 aromatic heterocycles. The Morgan fingerprint density at radius 3 is 2.95 bits per heavy atom. The van der Waals surface area contributed by atoms with Gasteiger partial charge in [0, 0.05) is 43.3 Å². The van der Waals surface area contributed by atoms with Crippen LogP contribution in [0.25, 0.3) is 0 Å². The fourth-order valence-corrected chi connectivity index (χ4v) is 2.35. The van der Waals surface area contributed by atoms with E-state index < -0.39 is 0 Å². The van der Waals surface area contributed by atoms with E-state index >= 15 is 0 Å². The molecule has 3 heteroatoms. The van der Waals surface area contributed by atoms with E-state index in [4.69, 9.17) is 0 Å². The Labute approximate surface area is 116 Å². The van der Waals surface area contributed by atoms with Crippen molar-refractivity contribution in [3.05, 3.63) is 35.7 Å². The minimum atomic E-state index is 0.681. The van der Waals surface area contributed by atoms with Gasteiger partial charge in [-0.25, -0.2) is 0 Å². The maximum atomic E-state index is 4.27. The maximum Gasteiger partial charge on any atom is 0.0445 e. The van der Waals surface area contributed by atoms with Gasteiger partial charge in [-0.15, -0.1) is 0 Å². The molecule has 0 amide bonds. The van der Waals surface area contributed by atoms with Crippen LogP contribution in [0.1, 0.15) is 32.8 Å². The summed E-state index contributed by atoms with van der Waals surface area (Å²) < 4.78 is 0. The van der Waals surface area contributed by atoms with E-state index in [-0.39, 0.29) is 0 Å². The molecule has 0 aromatic carbocycles. The van der Waals surface area contributed by atoms with Gasteiger partial charge in [-0.2, -0.15) is 0 Å². The van der Waals surface area contributed by atoms with Crippen LogP contribution < -0.4 is 10.2 Å². The maximum absolute atomic E-state index is 4.27. The van der Waals surface area contributed by atoms with Crippen LogP contribution in [0.3, 0.4) is 0 Å². The average Bonchev–Trinajstić information content (AvgIpc) is 2.40. The van der Waals surface area contributed by atoms with Gasteiger partial charge in [-0.3, -0.25) is 4.98 Å². The van der Waals surface area contributed by atoms with Crippen LogP contribution in [0.5, 0.6) is 0 Å². The summed E-state index contributed by atoms with van der Waals surface area (Å²) in [6.45, 7) is 10.8. The lowest BCUT2D eigenvalue weighted by atomic mass is 10.1. The van der Waals surface area contributed by atoms with Gasteiger partial charge in [-0.05, 0) is 31.9 Å². The minimum Gasteiger partial charge on any atom is -0.367 e. The fraction of sp³-hybridized carbons (Fsp3) is 0.562. The minimum absolute atomic E-state index is 0.681. The molecule has 0 bridgehead atoms. The molecule has 0 saturated carbocycles. The van der Waals surface area contributed by atoms with Crippen LogP contribution in [0.15, 0.2) is 30.1 Å². The van der Waals surface area contributed by atoms with E-state index in [1.165, 1.54) is 23.2 Å². The molecular weight excluding hydrogens is 234 g/mol. The predicted molar refractivity (Wildman–Crippen MR) is 81.4 cm³/mol. The molecule has 19 heavy (non-hydrogen) atoms. The highest BCUT2D eigenvalue weighted by atomic mass is 15.1. The van der Waals surface area contributed by atoms with Crippen molar-refractivity contribution < 1.29 is 0 Å². The number of nitrogens with zero attached hydrogens (tertiary/aromatic N) is 2. The van der Waals surface area contributed by atoms with Gasteiger partial charge < -0.3 is 10.2 Å². The van der Waals surface area contributed by atoms with E-state index in [0.29, 0.717) is 5.92 Å². The molecule has 1 aliphatic rings. The molecule has 0 saturated heterocycles. The van der Waals surface area contributed by atoms with E-state index in [0.717, 1.165) is 26.2 Å². The van der Waals surface area contributed by atoms with E-state index in [1.54, 1.807) is 0 Å². The van der Waals surface area contributed by atoms with Crippen molar-refractivity contribution in [1.82, 2.24) is 10.3 Å². The van der Waals surface area contributed by atoms with Crippen molar-refractivity contribution in [2.75, 3.05) is 24.5 Å². The molecule has 1 N–H and O–H groups in total. The Hall–Kier alpha value is -1.35. The molecule has 2 heterocycles. The second kappa shape index (κ2) is 6.71. The monoisotopic (exact) mass is 259 g/mol. The predicted octanol–water partition coefficient (Wildman–Crippen LogP) is 2.98. The highest BCUT2D eigenvalue weighted by Gasteiger charge is 2.13. The largest absolute Gasteiger partial charge is 0.367 e. The standard InChI is InChI=1S/C16H25N3/c1-13(2)10-18-12-15-11-17-7-4-16(15)19-8-5-14(3)6-9-19/h4-5,7,11,13,18H,6,8-10,12H2,1-3H3. The molecule has 0 radical (unpaired) electrons. The Morgan fingerprint density at radius 2 is 2.26 bits per heavy atom. The van der Waals surface area contributed by atoms with Crippen LogP contribution in [-0.4, -0.2) is 24.6 Å². The Bertz CT molecular complexity index is 437. The van der Waals surface area contributed by atoms with Crippen molar-refractivity contribution in [2.45, 2.75) is 33.7 Å². The smallest absolute Gasteiger partial charge is 0.0445 e. The van der Waals surface area contributed by atoms with Crippen molar-refractivity contribution in [3.8, 4) is 0 Å². The average molecular weight is 259 g/mol. The lowest BCUT2D eigenvalue weighted by Crippen LogP contribution is -2.30. The lowest BCUT2D eigenvalue weighted by molar-refractivity contribution is 0.551. The quantitative estimate of drug-likeness (QED) is 0.824. The van der Waals surface area contributed by atoms with Gasteiger partial charge in [0.25, 0.3) is 0 Å². The highest BCUT2D eigenvalue weighted by molar-refractivity contribution is 5.53. The summed E-state index contributed by atoms with van der Waals surface area (Å²) in [7, 11) is 0. The number of rotatable bonds is 5. The second-order valence-corrected chi connectivity index (χ2v) is 5.78. The molecule has 0 unspecified atom stereocenters. The van der Waals surface area contributed by atoms with Gasteiger partial charge in [0.05, 0.1) is 0 Å². The summed E-state index contributed by atoms with van der Waals surface area (Å²) >= 11 is 0. The van der Waals surface area contributed by atoms with Crippen molar-refractivity contribution in [1.29, 1.82) is 0 Å². The van der Waals surface area contributed by atoms with Gasteiger partial charge in [0.2, 0.25) is 0 Å².